The molecule has 15 heavy (non-hydrogen) atoms. The largest absolute Gasteiger partial charge is 0.330 e. The van der Waals surface area contributed by atoms with Gasteiger partial charge in [-0.3, -0.25) is 4.79 Å². The van der Waals surface area contributed by atoms with Gasteiger partial charge in [0.1, 0.15) is 0 Å². The molecule has 0 heterocycles. The molecule has 0 saturated heterocycles. The molecule has 0 bridgehead atoms. The topological polar surface area (TPSA) is 46.3 Å². The highest BCUT2D eigenvalue weighted by Gasteiger charge is 2.09. The summed E-state index contributed by atoms with van der Waals surface area (Å²) < 4.78 is 0. The van der Waals surface area contributed by atoms with Crippen molar-refractivity contribution >= 4 is 11.6 Å². The van der Waals surface area contributed by atoms with E-state index < -0.39 is 0 Å². The van der Waals surface area contributed by atoms with Gasteiger partial charge in [-0.1, -0.05) is 12.1 Å². The van der Waals surface area contributed by atoms with Crippen LogP contribution < -0.4 is 10.6 Å². The summed E-state index contributed by atoms with van der Waals surface area (Å²) in [6, 6.07) is 7.94. The molecule has 1 aromatic rings. The number of carbonyl (C=O) groups is 1. The SMILES string of the molecule is CC(=O)N(CCCN)c1cccc(C)c1. The molecule has 0 fully saturated rings. The van der Waals surface area contributed by atoms with Crippen LogP contribution in [-0.4, -0.2) is 19.0 Å². The second kappa shape index (κ2) is 5.51. The van der Waals surface area contributed by atoms with E-state index in [0.29, 0.717) is 13.1 Å². The molecule has 0 aliphatic rings. The van der Waals surface area contributed by atoms with Crippen LogP contribution in [0.15, 0.2) is 24.3 Å². The van der Waals surface area contributed by atoms with Crippen LogP contribution in [0.1, 0.15) is 18.9 Å². The molecule has 0 aromatic heterocycles. The summed E-state index contributed by atoms with van der Waals surface area (Å²) in [4.78, 5) is 13.2. The average molecular weight is 206 g/mol. The molecule has 1 amide bonds. The van der Waals surface area contributed by atoms with E-state index in [1.807, 2.05) is 31.2 Å². The van der Waals surface area contributed by atoms with Gasteiger partial charge in [-0.15, -0.1) is 0 Å². The summed E-state index contributed by atoms with van der Waals surface area (Å²) in [5, 5.41) is 0. The highest BCUT2D eigenvalue weighted by Crippen LogP contribution is 2.16. The fourth-order valence-corrected chi connectivity index (χ4v) is 1.51. The Bertz CT molecular complexity index is 336. The van der Waals surface area contributed by atoms with Gasteiger partial charge in [0, 0.05) is 19.2 Å². The highest BCUT2D eigenvalue weighted by atomic mass is 16.2. The lowest BCUT2D eigenvalue weighted by Crippen LogP contribution is -2.30. The zero-order chi connectivity index (χ0) is 11.3. The lowest BCUT2D eigenvalue weighted by atomic mass is 10.2. The van der Waals surface area contributed by atoms with Crippen molar-refractivity contribution in [2.45, 2.75) is 20.3 Å². The van der Waals surface area contributed by atoms with Crippen LogP contribution in [0.25, 0.3) is 0 Å². The maximum absolute atomic E-state index is 11.4. The number of hydrogen-bond donors (Lipinski definition) is 1. The Morgan fingerprint density at radius 3 is 2.73 bits per heavy atom. The van der Waals surface area contributed by atoms with Crippen molar-refractivity contribution in [3.8, 4) is 0 Å². The zero-order valence-electron chi connectivity index (χ0n) is 9.36. The number of hydrogen-bond acceptors (Lipinski definition) is 2. The summed E-state index contributed by atoms with van der Waals surface area (Å²) in [6.07, 6.45) is 0.827. The van der Waals surface area contributed by atoms with Crippen molar-refractivity contribution in [1.82, 2.24) is 0 Å². The molecule has 1 aromatic carbocycles. The van der Waals surface area contributed by atoms with Crippen molar-refractivity contribution in [3.63, 3.8) is 0 Å². The van der Waals surface area contributed by atoms with Crippen LogP contribution in [0.4, 0.5) is 5.69 Å². The number of nitrogens with zero attached hydrogens (tertiary/aromatic N) is 1. The monoisotopic (exact) mass is 206 g/mol. The van der Waals surface area contributed by atoms with Crippen molar-refractivity contribution in [2.75, 3.05) is 18.0 Å². The predicted molar refractivity (Wildman–Crippen MR) is 62.9 cm³/mol. The van der Waals surface area contributed by atoms with Crippen molar-refractivity contribution in [1.29, 1.82) is 0 Å². The number of amides is 1. The Balaban J connectivity index is 2.84. The van der Waals surface area contributed by atoms with Crippen LogP contribution in [0.3, 0.4) is 0 Å². The molecular formula is C12H18N2O. The molecule has 0 atom stereocenters. The number of aryl methyl sites for hydroxylation is 1. The number of nitrogens with two attached hydrogens (primary N) is 1. The maximum Gasteiger partial charge on any atom is 0.223 e. The fraction of sp³-hybridized carbons (Fsp3) is 0.417. The lowest BCUT2D eigenvalue weighted by molar-refractivity contribution is -0.116. The maximum atomic E-state index is 11.4. The van der Waals surface area contributed by atoms with Gasteiger partial charge in [0.05, 0.1) is 0 Å². The first-order valence-electron chi connectivity index (χ1n) is 5.20. The van der Waals surface area contributed by atoms with Crippen LogP contribution in [0, 0.1) is 6.92 Å². The second-order valence-electron chi connectivity index (χ2n) is 3.65. The molecule has 0 unspecified atom stereocenters. The van der Waals surface area contributed by atoms with E-state index in [1.54, 1.807) is 11.8 Å². The molecule has 0 aliphatic heterocycles. The van der Waals surface area contributed by atoms with Gasteiger partial charge in [0.15, 0.2) is 0 Å². The molecule has 0 radical (unpaired) electrons. The fourth-order valence-electron chi connectivity index (χ4n) is 1.51. The van der Waals surface area contributed by atoms with Crippen LogP contribution in [0.5, 0.6) is 0 Å². The van der Waals surface area contributed by atoms with E-state index >= 15 is 0 Å². The summed E-state index contributed by atoms with van der Waals surface area (Å²) in [5.74, 6) is 0.0639. The lowest BCUT2D eigenvalue weighted by Gasteiger charge is -2.21. The number of rotatable bonds is 4. The van der Waals surface area contributed by atoms with Gasteiger partial charge in [0.2, 0.25) is 5.91 Å². The Labute approximate surface area is 90.9 Å². The number of anilines is 1. The van der Waals surface area contributed by atoms with Crippen molar-refractivity contribution < 1.29 is 4.79 Å². The molecule has 0 spiro atoms. The van der Waals surface area contributed by atoms with E-state index in [4.69, 9.17) is 5.73 Å². The predicted octanol–water partition coefficient (Wildman–Crippen LogP) is 1.70. The van der Waals surface area contributed by atoms with E-state index in [1.165, 1.54) is 0 Å². The minimum atomic E-state index is 0.0639. The third-order valence-electron chi connectivity index (χ3n) is 2.28. The standard InChI is InChI=1S/C12H18N2O/c1-10-5-3-6-12(9-10)14(11(2)15)8-4-7-13/h3,5-6,9H,4,7-8,13H2,1-2H3. The molecule has 2 N–H and O–H groups in total. The third-order valence-corrected chi connectivity index (χ3v) is 2.28. The summed E-state index contributed by atoms with van der Waals surface area (Å²) in [6.45, 7) is 4.90. The zero-order valence-corrected chi connectivity index (χ0v) is 9.36. The normalized spacial score (nSPS) is 10.1. The van der Waals surface area contributed by atoms with Crippen LogP contribution in [-0.2, 0) is 4.79 Å². The van der Waals surface area contributed by atoms with Crippen LogP contribution >= 0.6 is 0 Å². The molecule has 0 aliphatic carbocycles. The van der Waals surface area contributed by atoms with Gasteiger partial charge in [-0.25, -0.2) is 0 Å². The highest BCUT2D eigenvalue weighted by molar-refractivity contribution is 5.91. The Kier molecular flexibility index (Phi) is 4.31. The Hall–Kier alpha value is -1.35. The minimum Gasteiger partial charge on any atom is -0.330 e. The van der Waals surface area contributed by atoms with E-state index in [9.17, 15) is 4.79 Å². The molecular weight excluding hydrogens is 188 g/mol. The average Bonchev–Trinajstić information content (AvgIpc) is 2.18. The van der Waals surface area contributed by atoms with Gasteiger partial charge in [-0.2, -0.15) is 0 Å². The summed E-state index contributed by atoms with van der Waals surface area (Å²) in [5.41, 5.74) is 7.56. The number of carbonyl (C=O) groups excluding carboxylic acids is 1. The van der Waals surface area contributed by atoms with Crippen molar-refractivity contribution in [2.24, 2.45) is 5.73 Å². The van der Waals surface area contributed by atoms with Gasteiger partial charge in [-0.05, 0) is 37.6 Å². The number of benzene rings is 1. The molecule has 3 heteroatoms. The van der Waals surface area contributed by atoms with E-state index in [0.717, 1.165) is 17.7 Å². The minimum absolute atomic E-state index is 0.0639. The quantitative estimate of drug-likeness (QED) is 0.815. The molecule has 0 saturated carbocycles. The second-order valence-corrected chi connectivity index (χ2v) is 3.65. The van der Waals surface area contributed by atoms with Crippen LogP contribution in [0.2, 0.25) is 0 Å². The van der Waals surface area contributed by atoms with E-state index in [-0.39, 0.29) is 5.91 Å². The van der Waals surface area contributed by atoms with Gasteiger partial charge < -0.3 is 10.6 Å². The third kappa shape index (κ3) is 3.36. The van der Waals surface area contributed by atoms with Gasteiger partial charge in [0.25, 0.3) is 0 Å². The van der Waals surface area contributed by atoms with Gasteiger partial charge >= 0.3 is 0 Å². The van der Waals surface area contributed by atoms with E-state index in [2.05, 4.69) is 0 Å². The molecule has 82 valence electrons. The first-order chi connectivity index (χ1) is 7.15. The Morgan fingerprint density at radius 1 is 1.47 bits per heavy atom. The molecule has 3 nitrogen and oxygen atoms in total. The molecule has 1 rings (SSSR count). The van der Waals surface area contributed by atoms with Crippen molar-refractivity contribution in [3.05, 3.63) is 29.8 Å². The smallest absolute Gasteiger partial charge is 0.223 e. The summed E-state index contributed by atoms with van der Waals surface area (Å²) in [7, 11) is 0. The Morgan fingerprint density at radius 2 is 2.20 bits per heavy atom. The first kappa shape index (κ1) is 11.7. The first-order valence-corrected chi connectivity index (χ1v) is 5.20. The summed E-state index contributed by atoms with van der Waals surface area (Å²) >= 11 is 0.